The fourth-order valence-electron chi connectivity index (χ4n) is 2.13. The molecule has 3 rings (SSSR count). The van der Waals surface area contributed by atoms with E-state index in [1.807, 2.05) is 38.1 Å². The van der Waals surface area contributed by atoms with Crippen molar-refractivity contribution >= 4 is 38.7 Å². The van der Waals surface area contributed by atoms with Gasteiger partial charge in [0.2, 0.25) is 0 Å². The molecule has 1 aliphatic rings. The van der Waals surface area contributed by atoms with Crippen molar-refractivity contribution < 1.29 is 5.11 Å². The van der Waals surface area contributed by atoms with E-state index in [2.05, 4.69) is 10.1 Å². The topological polar surface area (TPSA) is 72.6 Å². The zero-order valence-electron chi connectivity index (χ0n) is 11.9. The number of hydrogen-bond acceptors (Lipinski definition) is 5. The molecule has 0 bridgehead atoms. The quantitative estimate of drug-likeness (QED) is 0.850. The molecule has 0 radical (unpaired) electrons. The lowest BCUT2D eigenvalue weighted by Gasteiger charge is -2.12. The number of para-hydroxylation sites is 1. The Bertz CT molecular complexity index is 742. The molecule has 0 aliphatic carbocycles. The second kappa shape index (κ2) is 5.29. The lowest BCUT2D eigenvalue weighted by molar-refractivity contribution is 0.357. The molecular formula is C15H16N4OS. The predicted molar refractivity (Wildman–Crippen MR) is 87.0 cm³/mol. The van der Waals surface area contributed by atoms with Gasteiger partial charge in [-0.15, -0.1) is 11.3 Å². The minimum absolute atomic E-state index is 0.159. The van der Waals surface area contributed by atoms with Crippen LogP contribution in [0.15, 0.2) is 35.1 Å². The van der Waals surface area contributed by atoms with Crippen molar-refractivity contribution in [2.45, 2.75) is 20.3 Å². The number of fused-ring (bicyclic) bond motifs is 1. The van der Waals surface area contributed by atoms with Crippen molar-refractivity contribution in [3.8, 4) is 0 Å². The van der Waals surface area contributed by atoms with Crippen LogP contribution in [0.3, 0.4) is 0 Å². The lowest BCUT2D eigenvalue weighted by atomic mass is 10.2. The number of benzene rings is 1. The third kappa shape index (κ3) is 2.42. The van der Waals surface area contributed by atoms with Crippen molar-refractivity contribution in [2.24, 2.45) is 5.10 Å². The molecule has 0 fully saturated rings. The fraction of sp³-hybridized carbons (Fsp3) is 0.267. The van der Waals surface area contributed by atoms with Gasteiger partial charge in [0, 0.05) is 5.71 Å². The van der Waals surface area contributed by atoms with Gasteiger partial charge in [-0.2, -0.15) is 5.10 Å². The van der Waals surface area contributed by atoms with Gasteiger partial charge < -0.3 is 5.11 Å². The molecule has 108 valence electrons. The van der Waals surface area contributed by atoms with E-state index in [4.69, 9.17) is 5.41 Å². The molecule has 21 heavy (non-hydrogen) atoms. The second-order valence-electron chi connectivity index (χ2n) is 4.90. The van der Waals surface area contributed by atoms with Gasteiger partial charge in [0.05, 0.1) is 15.8 Å². The number of aromatic nitrogens is 1. The molecule has 2 heterocycles. The largest absolute Gasteiger partial charge is 0.509 e. The summed E-state index contributed by atoms with van der Waals surface area (Å²) in [4.78, 5) is 4.51. The van der Waals surface area contributed by atoms with Crippen LogP contribution in [0.4, 0.5) is 0 Å². The third-order valence-electron chi connectivity index (χ3n) is 3.39. The summed E-state index contributed by atoms with van der Waals surface area (Å²) >= 11 is 1.48. The Morgan fingerprint density at radius 1 is 1.48 bits per heavy atom. The molecule has 2 N–H and O–H groups in total. The van der Waals surface area contributed by atoms with Crippen LogP contribution in [0, 0.1) is 5.41 Å². The maximum absolute atomic E-state index is 10.2. The predicted octanol–water partition coefficient (Wildman–Crippen LogP) is 3.64. The summed E-state index contributed by atoms with van der Waals surface area (Å²) in [6.45, 7) is 4.17. The van der Waals surface area contributed by atoms with Gasteiger partial charge in [0.1, 0.15) is 17.3 Å². The summed E-state index contributed by atoms with van der Waals surface area (Å²) in [5.74, 6) is 0.367. The molecule has 0 saturated carbocycles. The molecule has 6 heteroatoms. The third-order valence-corrected chi connectivity index (χ3v) is 4.45. The van der Waals surface area contributed by atoms with Gasteiger partial charge in [-0.3, -0.25) is 5.41 Å². The maximum Gasteiger partial charge on any atom is 0.155 e. The molecule has 1 aliphatic heterocycles. The Morgan fingerprint density at radius 3 is 2.95 bits per heavy atom. The number of nitrogens with zero attached hydrogens (tertiary/aromatic N) is 3. The SMILES string of the molecule is CC/C(C)=N/N1CC(O)=C(c2nc3ccccc3s2)C1=N. The van der Waals surface area contributed by atoms with Gasteiger partial charge in [-0.05, 0) is 25.5 Å². The zero-order valence-corrected chi connectivity index (χ0v) is 12.7. The first kappa shape index (κ1) is 13.8. The number of hydrazone groups is 1. The molecule has 0 spiro atoms. The Morgan fingerprint density at radius 2 is 2.24 bits per heavy atom. The van der Waals surface area contributed by atoms with E-state index in [0.717, 1.165) is 22.3 Å². The minimum Gasteiger partial charge on any atom is -0.509 e. The molecule has 0 amide bonds. The van der Waals surface area contributed by atoms with Crippen molar-refractivity contribution in [1.82, 2.24) is 9.99 Å². The van der Waals surface area contributed by atoms with Crippen LogP contribution >= 0.6 is 11.3 Å². The molecule has 5 nitrogen and oxygen atoms in total. The highest BCUT2D eigenvalue weighted by Crippen LogP contribution is 2.33. The van der Waals surface area contributed by atoms with Crippen LogP contribution in [0.1, 0.15) is 25.3 Å². The summed E-state index contributed by atoms with van der Waals surface area (Å²) in [7, 11) is 0. The summed E-state index contributed by atoms with van der Waals surface area (Å²) in [6.07, 6.45) is 0.820. The Balaban J connectivity index is 1.98. The molecule has 0 saturated heterocycles. The highest BCUT2D eigenvalue weighted by molar-refractivity contribution is 7.19. The van der Waals surface area contributed by atoms with Crippen LogP contribution < -0.4 is 0 Å². The molecule has 0 atom stereocenters. The van der Waals surface area contributed by atoms with Crippen LogP contribution in [0.2, 0.25) is 0 Å². The fourth-order valence-corrected chi connectivity index (χ4v) is 3.17. The molecule has 2 aromatic rings. The standard InChI is InChI=1S/C15H16N4OS/c1-3-9(2)18-19-8-11(20)13(14(19)16)15-17-10-6-4-5-7-12(10)21-15/h4-7,16,20H,3,8H2,1-2H3/b16-14?,18-9+. The van der Waals surface area contributed by atoms with Crippen molar-refractivity contribution in [3.63, 3.8) is 0 Å². The van der Waals surface area contributed by atoms with E-state index in [1.165, 1.54) is 16.3 Å². The molecule has 0 unspecified atom stereocenters. The normalized spacial score (nSPS) is 16.4. The summed E-state index contributed by atoms with van der Waals surface area (Å²) in [5, 5.41) is 25.0. The van der Waals surface area contributed by atoms with E-state index in [0.29, 0.717) is 10.6 Å². The first-order chi connectivity index (χ1) is 10.1. The van der Waals surface area contributed by atoms with Crippen LogP contribution in [-0.4, -0.2) is 33.2 Å². The van der Waals surface area contributed by atoms with E-state index >= 15 is 0 Å². The van der Waals surface area contributed by atoms with E-state index in [-0.39, 0.29) is 18.1 Å². The zero-order chi connectivity index (χ0) is 15.0. The summed E-state index contributed by atoms with van der Waals surface area (Å²) in [6, 6.07) is 7.81. The summed E-state index contributed by atoms with van der Waals surface area (Å²) < 4.78 is 1.05. The first-order valence-corrected chi connectivity index (χ1v) is 7.60. The van der Waals surface area contributed by atoms with Crippen LogP contribution in [-0.2, 0) is 0 Å². The Kier molecular flexibility index (Phi) is 3.47. The van der Waals surface area contributed by atoms with Crippen molar-refractivity contribution in [3.05, 3.63) is 35.0 Å². The van der Waals surface area contributed by atoms with Gasteiger partial charge in [0.25, 0.3) is 0 Å². The van der Waals surface area contributed by atoms with Gasteiger partial charge in [-0.1, -0.05) is 19.1 Å². The molecule has 1 aromatic heterocycles. The van der Waals surface area contributed by atoms with Crippen molar-refractivity contribution in [2.75, 3.05) is 6.54 Å². The molecular weight excluding hydrogens is 284 g/mol. The van der Waals surface area contributed by atoms with E-state index in [1.54, 1.807) is 0 Å². The smallest absolute Gasteiger partial charge is 0.155 e. The number of aliphatic hydroxyl groups is 1. The van der Waals surface area contributed by atoms with Crippen LogP contribution in [0.25, 0.3) is 15.8 Å². The number of hydrogen-bond donors (Lipinski definition) is 2. The van der Waals surface area contributed by atoms with Crippen molar-refractivity contribution in [1.29, 1.82) is 5.41 Å². The lowest BCUT2D eigenvalue weighted by Crippen LogP contribution is -2.21. The number of rotatable bonds is 3. The monoisotopic (exact) mass is 300 g/mol. The van der Waals surface area contributed by atoms with E-state index in [9.17, 15) is 5.11 Å². The number of amidine groups is 1. The Hall–Kier alpha value is -2.21. The highest BCUT2D eigenvalue weighted by Gasteiger charge is 2.30. The van der Waals surface area contributed by atoms with E-state index < -0.39 is 0 Å². The highest BCUT2D eigenvalue weighted by atomic mass is 32.1. The molecule has 1 aromatic carbocycles. The average molecular weight is 300 g/mol. The van der Waals surface area contributed by atoms with Gasteiger partial charge in [-0.25, -0.2) is 9.99 Å². The van der Waals surface area contributed by atoms with Gasteiger partial charge >= 0.3 is 0 Å². The van der Waals surface area contributed by atoms with Crippen LogP contribution in [0.5, 0.6) is 0 Å². The minimum atomic E-state index is 0.159. The Labute approximate surface area is 126 Å². The number of thiazole rings is 1. The second-order valence-corrected chi connectivity index (χ2v) is 5.93. The number of nitrogens with one attached hydrogen (secondary N) is 1. The first-order valence-electron chi connectivity index (χ1n) is 6.78. The maximum atomic E-state index is 10.2. The number of aliphatic hydroxyl groups excluding tert-OH is 1. The summed E-state index contributed by atoms with van der Waals surface area (Å²) in [5.41, 5.74) is 2.30. The average Bonchev–Trinajstić information content (AvgIpc) is 3.00. The van der Waals surface area contributed by atoms with Gasteiger partial charge in [0.15, 0.2) is 5.84 Å².